The van der Waals surface area contributed by atoms with Crippen LogP contribution >= 0.6 is 12.4 Å². The third-order valence-electron chi connectivity index (χ3n) is 3.66. The molecule has 0 heterocycles. The Bertz CT molecular complexity index is 256. The number of hydrogen-bond acceptors (Lipinski definition) is 3. The number of carbonyl (C=O) groups is 1. The Hall–Kier alpha value is -0.320. The smallest absolute Gasteiger partial charge is 0.226 e. The van der Waals surface area contributed by atoms with Crippen LogP contribution in [0.4, 0.5) is 0 Å². The second kappa shape index (κ2) is 9.56. The Balaban J connectivity index is 0.00000324. The van der Waals surface area contributed by atoms with E-state index in [1.165, 1.54) is 6.42 Å². The normalized spacial score (nSPS) is 16.6. The van der Waals surface area contributed by atoms with Crippen molar-refractivity contribution in [1.29, 1.82) is 0 Å². The number of hydrogen-bond donors (Lipinski definition) is 2. The maximum atomic E-state index is 12.2. The van der Waals surface area contributed by atoms with Crippen molar-refractivity contribution in [3.05, 3.63) is 0 Å². The lowest BCUT2D eigenvalue weighted by Gasteiger charge is -2.41. The van der Waals surface area contributed by atoms with Gasteiger partial charge in [0.05, 0.1) is 6.61 Å². The summed E-state index contributed by atoms with van der Waals surface area (Å²) < 4.78 is 4.94. The second-order valence-electron chi connectivity index (χ2n) is 5.73. The van der Waals surface area contributed by atoms with Gasteiger partial charge in [0, 0.05) is 32.2 Å². The van der Waals surface area contributed by atoms with Gasteiger partial charge in [0.15, 0.2) is 0 Å². The molecule has 0 aromatic rings. The van der Waals surface area contributed by atoms with Gasteiger partial charge in [-0.05, 0) is 25.2 Å². The van der Waals surface area contributed by atoms with Crippen molar-refractivity contribution in [3.8, 4) is 0 Å². The fourth-order valence-corrected chi connectivity index (χ4v) is 2.66. The SMILES string of the molecule is COCCNCCNC(=O)C1(CC(C)C)CCC1.Cl. The molecule has 114 valence electrons. The van der Waals surface area contributed by atoms with E-state index in [1.54, 1.807) is 7.11 Å². The summed E-state index contributed by atoms with van der Waals surface area (Å²) in [5.41, 5.74) is -0.0549. The highest BCUT2D eigenvalue weighted by Crippen LogP contribution is 2.45. The number of carbonyl (C=O) groups excluding carboxylic acids is 1. The second-order valence-corrected chi connectivity index (χ2v) is 5.73. The molecule has 0 bridgehead atoms. The average molecular weight is 293 g/mol. The molecule has 1 rings (SSSR count). The molecule has 1 aliphatic carbocycles. The van der Waals surface area contributed by atoms with Gasteiger partial charge in [-0.2, -0.15) is 0 Å². The molecule has 1 saturated carbocycles. The van der Waals surface area contributed by atoms with Crippen molar-refractivity contribution < 1.29 is 9.53 Å². The molecule has 0 aromatic heterocycles. The van der Waals surface area contributed by atoms with Crippen molar-refractivity contribution in [2.75, 3.05) is 33.4 Å². The van der Waals surface area contributed by atoms with E-state index in [4.69, 9.17) is 4.74 Å². The summed E-state index contributed by atoms with van der Waals surface area (Å²) in [6.45, 7) is 7.46. The van der Waals surface area contributed by atoms with Gasteiger partial charge in [0.25, 0.3) is 0 Å². The number of rotatable bonds is 9. The zero-order valence-electron chi connectivity index (χ0n) is 12.5. The van der Waals surface area contributed by atoms with Crippen LogP contribution in [0.5, 0.6) is 0 Å². The highest BCUT2D eigenvalue weighted by Gasteiger charge is 2.43. The summed E-state index contributed by atoms with van der Waals surface area (Å²) in [4.78, 5) is 12.2. The lowest BCUT2D eigenvalue weighted by Crippen LogP contribution is -2.48. The van der Waals surface area contributed by atoms with Crippen LogP contribution in [0, 0.1) is 11.3 Å². The lowest BCUT2D eigenvalue weighted by atomic mass is 9.64. The highest BCUT2D eigenvalue weighted by molar-refractivity contribution is 5.85. The maximum absolute atomic E-state index is 12.2. The average Bonchev–Trinajstić information content (AvgIpc) is 2.27. The van der Waals surface area contributed by atoms with E-state index < -0.39 is 0 Å². The van der Waals surface area contributed by atoms with E-state index in [-0.39, 0.29) is 23.7 Å². The first-order valence-corrected chi connectivity index (χ1v) is 7.09. The first-order chi connectivity index (χ1) is 8.60. The lowest BCUT2D eigenvalue weighted by molar-refractivity contribution is -0.137. The third kappa shape index (κ3) is 6.11. The Morgan fingerprint density at radius 3 is 2.42 bits per heavy atom. The molecule has 0 aliphatic heterocycles. The van der Waals surface area contributed by atoms with Gasteiger partial charge < -0.3 is 15.4 Å². The molecule has 1 fully saturated rings. The number of nitrogens with one attached hydrogen (secondary N) is 2. The van der Waals surface area contributed by atoms with Crippen LogP contribution in [-0.4, -0.2) is 39.3 Å². The quantitative estimate of drug-likeness (QED) is 0.639. The molecule has 5 heteroatoms. The summed E-state index contributed by atoms with van der Waals surface area (Å²) in [6.07, 6.45) is 4.35. The highest BCUT2D eigenvalue weighted by atomic mass is 35.5. The van der Waals surface area contributed by atoms with E-state index in [9.17, 15) is 4.79 Å². The molecule has 19 heavy (non-hydrogen) atoms. The monoisotopic (exact) mass is 292 g/mol. The summed E-state index contributed by atoms with van der Waals surface area (Å²) in [7, 11) is 1.69. The summed E-state index contributed by atoms with van der Waals surface area (Å²) >= 11 is 0. The zero-order valence-corrected chi connectivity index (χ0v) is 13.3. The van der Waals surface area contributed by atoms with Crippen LogP contribution in [-0.2, 0) is 9.53 Å². The predicted octanol–water partition coefficient (Wildman–Crippen LogP) is 1.98. The van der Waals surface area contributed by atoms with Crippen molar-refractivity contribution in [2.45, 2.75) is 39.5 Å². The molecule has 0 atom stereocenters. The topological polar surface area (TPSA) is 50.4 Å². The fourth-order valence-electron chi connectivity index (χ4n) is 2.66. The molecule has 0 radical (unpaired) electrons. The Labute approximate surface area is 123 Å². The van der Waals surface area contributed by atoms with Crippen molar-refractivity contribution >= 4 is 18.3 Å². The van der Waals surface area contributed by atoms with Crippen LogP contribution in [0.2, 0.25) is 0 Å². The molecule has 1 amide bonds. The van der Waals surface area contributed by atoms with Gasteiger partial charge in [0.1, 0.15) is 0 Å². The van der Waals surface area contributed by atoms with Crippen LogP contribution in [0.3, 0.4) is 0 Å². The van der Waals surface area contributed by atoms with Crippen LogP contribution in [0.1, 0.15) is 39.5 Å². The molecule has 0 saturated heterocycles. The van der Waals surface area contributed by atoms with Crippen LogP contribution < -0.4 is 10.6 Å². The largest absolute Gasteiger partial charge is 0.383 e. The van der Waals surface area contributed by atoms with Crippen LogP contribution in [0.25, 0.3) is 0 Å². The molecule has 0 spiro atoms. The Morgan fingerprint density at radius 1 is 1.26 bits per heavy atom. The number of halogens is 1. The Morgan fingerprint density at radius 2 is 1.95 bits per heavy atom. The predicted molar refractivity (Wildman–Crippen MR) is 80.7 cm³/mol. The van der Waals surface area contributed by atoms with Gasteiger partial charge in [-0.25, -0.2) is 0 Å². The van der Waals surface area contributed by atoms with E-state index in [0.717, 1.165) is 32.4 Å². The molecule has 4 nitrogen and oxygen atoms in total. The number of ether oxygens (including phenoxy) is 1. The van der Waals surface area contributed by atoms with E-state index in [0.29, 0.717) is 19.1 Å². The van der Waals surface area contributed by atoms with Gasteiger partial charge in [-0.15, -0.1) is 12.4 Å². The minimum atomic E-state index is -0.0549. The van der Waals surface area contributed by atoms with E-state index in [1.807, 2.05) is 0 Å². The number of methoxy groups -OCH3 is 1. The summed E-state index contributed by atoms with van der Waals surface area (Å²) in [5, 5.41) is 6.30. The first kappa shape index (κ1) is 18.7. The third-order valence-corrected chi connectivity index (χ3v) is 3.66. The van der Waals surface area contributed by atoms with Crippen molar-refractivity contribution in [3.63, 3.8) is 0 Å². The fraction of sp³-hybridized carbons (Fsp3) is 0.929. The molecular formula is C14H29ClN2O2. The van der Waals surface area contributed by atoms with E-state index in [2.05, 4.69) is 24.5 Å². The number of amides is 1. The molecule has 0 unspecified atom stereocenters. The molecular weight excluding hydrogens is 264 g/mol. The van der Waals surface area contributed by atoms with Gasteiger partial charge >= 0.3 is 0 Å². The summed E-state index contributed by atoms with van der Waals surface area (Å²) in [5.74, 6) is 0.854. The van der Waals surface area contributed by atoms with Gasteiger partial charge in [-0.3, -0.25) is 4.79 Å². The van der Waals surface area contributed by atoms with Gasteiger partial charge in [-0.1, -0.05) is 20.3 Å². The van der Waals surface area contributed by atoms with Crippen molar-refractivity contribution in [1.82, 2.24) is 10.6 Å². The minimum absolute atomic E-state index is 0. The van der Waals surface area contributed by atoms with E-state index >= 15 is 0 Å². The summed E-state index contributed by atoms with van der Waals surface area (Å²) in [6, 6.07) is 0. The molecule has 1 aliphatic rings. The first-order valence-electron chi connectivity index (χ1n) is 7.09. The standard InChI is InChI=1S/C14H28N2O2.ClH/c1-12(2)11-14(5-4-6-14)13(17)16-8-7-15-9-10-18-3;/h12,15H,4-11H2,1-3H3,(H,16,17);1H. The zero-order chi connectivity index (χ0) is 13.4. The van der Waals surface area contributed by atoms with Crippen molar-refractivity contribution in [2.24, 2.45) is 11.3 Å². The van der Waals surface area contributed by atoms with Gasteiger partial charge in [0.2, 0.25) is 5.91 Å². The minimum Gasteiger partial charge on any atom is -0.383 e. The Kier molecular flexibility index (Phi) is 9.40. The molecule has 0 aromatic carbocycles. The maximum Gasteiger partial charge on any atom is 0.226 e. The molecule has 2 N–H and O–H groups in total. The van der Waals surface area contributed by atoms with Crippen LogP contribution in [0.15, 0.2) is 0 Å².